The molecule has 0 saturated heterocycles. The van der Waals surface area contributed by atoms with E-state index >= 15 is 0 Å². The Hall–Kier alpha value is -3.27. The predicted molar refractivity (Wildman–Crippen MR) is 101 cm³/mol. The molecule has 132 valence electrons. The molecular weight excluding hydrogens is 328 g/mol. The van der Waals surface area contributed by atoms with Gasteiger partial charge in [0.15, 0.2) is 17.3 Å². The Morgan fingerprint density at radius 1 is 0.692 bits per heavy atom. The molecule has 4 nitrogen and oxygen atoms in total. The molecule has 0 N–H and O–H groups in total. The molecule has 0 aliphatic heterocycles. The van der Waals surface area contributed by atoms with Crippen LogP contribution in [0.3, 0.4) is 0 Å². The second-order valence-corrected chi connectivity index (χ2v) is 5.84. The van der Waals surface area contributed by atoms with Crippen molar-refractivity contribution in [1.82, 2.24) is 0 Å². The van der Waals surface area contributed by atoms with Gasteiger partial charge in [0.1, 0.15) is 11.5 Å². The summed E-state index contributed by atoms with van der Waals surface area (Å²) in [5.74, 6) is 2.46. The Bertz CT molecular complexity index is 896. The van der Waals surface area contributed by atoms with Crippen LogP contribution in [0.15, 0.2) is 66.7 Å². The number of rotatable bonds is 6. The number of benzene rings is 3. The van der Waals surface area contributed by atoms with E-state index in [-0.39, 0.29) is 5.78 Å². The molecule has 26 heavy (non-hydrogen) atoms. The van der Waals surface area contributed by atoms with Crippen LogP contribution in [0.4, 0.5) is 0 Å². The van der Waals surface area contributed by atoms with Crippen molar-refractivity contribution in [1.29, 1.82) is 0 Å². The summed E-state index contributed by atoms with van der Waals surface area (Å²) < 4.78 is 16.3. The monoisotopic (exact) mass is 348 g/mol. The summed E-state index contributed by atoms with van der Waals surface area (Å²) in [6.45, 7) is 2.03. The number of ether oxygens (including phenoxy) is 3. The summed E-state index contributed by atoms with van der Waals surface area (Å²) in [5, 5.41) is 0. The minimum Gasteiger partial charge on any atom is -0.493 e. The van der Waals surface area contributed by atoms with Gasteiger partial charge >= 0.3 is 0 Å². The van der Waals surface area contributed by atoms with Crippen LogP contribution < -0.4 is 14.2 Å². The first kappa shape index (κ1) is 17.5. The van der Waals surface area contributed by atoms with Crippen molar-refractivity contribution in [2.75, 3.05) is 14.2 Å². The summed E-state index contributed by atoms with van der Waals surface area (Å²) >= 11 is 0. The Balaban J connectivity index is 1.77. The van der Waals surface area contributed by atoms with E-state index in [2.05, 4.69) is 0 Å². The van der Waals surface area contributed by atoms with Gasteiger partial charge in [0.05, 0.1) is 14.2 Å². The fraction of sp³-hybridized carbons (Fsp3) is 0.136. The van der Waals surface area contributed by atoms with E-state index in [1.807, 2.05) is 31.2 Å². The zero-order valence-electron chi connectivity index (χ0n) is 15.0. The highest BCUT2D eigenvalue weighted by molar-refractivity contribution is 6.09. The SMILES string of the molecule is COc1ccc(C(=O)c2ccc(Oc3ccc(C)cc3)cc2)cc1OC. The van der Waals surface area contributed by atoms with Gasteiger partial charge in [0.25, 0.3) is 0 Å². The zero-order valence-corrected chi connectivity index (χ0v) is 15.0. The maximum absolute atomic E-state index is 12.7. The summed E-state index contributed by atoms with van der Waals surface area (Å²) in [6.07, 6.45) is 0. The fourth-order valence-electron chi connectivity index (χ4n) is 2.56. The third-order valence-electron chi connectivity index (χ3n) is 4.02. The number of carbonyl (C=O) groups is 1. The van der Waals surface area contributed by atoms with Gasteiger partial charge in [-0.25, -0.2) is 0 Å². The van der Waals surface area contributed by atoms with Crippen molar-refractivity contribution < 1.29 is 19.0 Å². The third kappa shape index (κ3) is 3.86. The van der Waals surface area contributed by atoms with Crippen LogP contribution >= 0.6 is 0 Å². The van der Waals surface area contributed by atoms with E-state index in [4.69, 9.17) is 14.2 Å². The first-order valence-corrected chi connectivity index (χ1v) is 8.22. The van der Waals surface area contributed by atoms with Crippen molar-refractivity contribution in [3.05, 3.63) is 83.4 Å². The molecule has 0 spiro atoms. The first-order chi connectivity index (χ1) is 12.6. The topological polar surface area (TPSA) is 44.8 Å². The predicted octanol–water partition coefficient (Wildman–Crippen LogP) is 5.04. The summed E-state index contributed by atoms with van der Waals surface area (Å²) in [6, 6.07) is 20.0. The molecule has 0 heterocycles. The number of methoxy groups -OCH3 is 2. The quantitative estimate of drug-likeness (QED) is 0.586. The fourth-order valence-corrected chi connectivity index (χ4v) is 2.56. The maximum Gasteiger partial charge on any atom is 0.193 e. The lowest BCUT2D eigenvalue weighted by atomic mass is 10.0. The van der Waals surface area contributed by atoms with Crippen LogP contribution in [-0.4, -0.2) is 20.0 Å². The van der Waals surface area contributed by atoms with Crippen LogP contribution in [-0.2, 0) is 0 Å². The Labute approximate surface area is 153 Å². The van der Waals surface area contributed by atoms with Crippen molar-refractivity contribution in [3.63, 3.8) is 0 Å². The molecule has 0 aliphatic carbocycles. The minimum absolute atomic E-state index is 0.0900. The van der Waals surface area contributed by atoms with E-state index in [0.717, 1.165) is 5.75 Å². The molecule has 3 aromatic rings. The lowest BCUT2D eigenvalue weighted by Crippen LogP contribution is -2.02. The Morgan fingerprint density at radius 2 is 1.23 bits per heavy atom. The number of hydrogen-bond acceptors (Lipinski definition) is 4. The van der Waals surface area contributed by atoms with Crippen LogP contribution in [0, 0.1) is 6.92 Å². The molecule has 0 radical (unpaired) electrons. The molecule has 4 heteroatoms. The lowest BCUT2D eigenvalue weighted by Gasteiger charge is -2.10. The van der Waals surface area contributed by atoms with Crippen LogP contribution in [0.25, 0.3) is 0 Å². The average molecular weight is 348 g/mol. The van der Waals surface area contributed by atoms with E-state index in [0.29, 0.717) is 28.4 Å². The second-order valence-electron chi connectivity index (χ2n) is 5.84. The normalized spacial score (nSPS) is 10.3. The smallest absolute Gasteiger partial charge is 0.193 e. The van der Waals surface area contributed by atoms with Crippen LogP contribution in [0.5, 0.6) is 23.0 Å². The molecule has 3 aromatic carbocycles. The van der Waals surface area contributed by atoms with Crippen molar-refractivity contribution in [3.8, 4) is 23.0 Å². The molecule has 0 saturated carbocycles. The number of carbonyl (C=O) groups excluding carboxylic acids is 1. The Morgan fingerprint density at radius 3 is 1.81 bits per heavy atom. The van der Waals surface area contributed by atoms with Gasteiger partial charge in [0, 0.05) is 11.1 Å². The molecule has 0 atom stereocenters. The van der Waals surface area contributed by atoms with Gasteiger partial charge in [-0.05, 0) is 61.5 Å². The summed E-state index contributed by atoms with van der Waals surface area (Å²) in [7, 11) is 3.11. The van der Waals surface area contributed by atoms with Crippen molar-refractivity contribution in [2.45, 2.75) is 6.92 Å². The zero-order chi connectivity index (χ0) is 18.5. The van der Waals surface area contributed by atoms with Gasteiger partial charge in [-0.15, -0.1) is 0 Å². The highest BCUT2D eigenvalue weighted by Crippen LogP contribution is 2.29. The van der Waals surface area contributed by atoms with E-state index in [1.54, 1.807) is 56.7 Å². The molecule has 0 fully saturated rings. The number of ketones is 1. The molecule has 0 unspecified atom stereocenters. The van der Waals surface area contributed by atoms with Gasteiger partial charge < -0.3 is 14.2 Å². The van der Waals surface area contributed by atoms with E-state index in [9.17, 15) is 4.79 Å². The van der Waals surface area contributed by atoms with E-state index in [1.165, 1.54) is 5.56 Å². The van der Waals surface area contributed by atoms with Crippen LogP contribution in [0.2, 0.25) is 0 Å². The Kier molecular flexibility index (Phi) is 5.23. The largest absolute Gasteiger partial charge is 0.493 e. The van der Waals surface area contributed by atoms with Crippen molar-refractivity contribution in [2.24, 2.45) is 0 Å². The van der Waals surface area contributed by atoms with Crippen molar-refractivity contribution >= 4 is 5.78 Å². The molecule has 0 aromatic heterocycles. The minimum atomic E-state index is -0.0900. The van der Waals surface area contributed by atoms with E-state index < -0.39 is 0 Å². The first-order valence-electron chi connectivity index (χ1n) is 8.22. The van der Waals surface area contributed by atoms with Gasteiger partial charge in [-0.3, -0.25) is 4.79 Å². The average Bonchev–Trinajstić information content (AvgIpc) is 2.69. The number of hydrogen-bond donors (Lipinski definition) is 0. The molecular formula is C22H20O4. The molecule has 0 bridgehead atoms. The van der Waals surface area contributed by atoms with Gasteiger partial charge in [-0.1, -0.05) is 17.7 Å². The van der Waals surface area contributed by atoms with Gasteiger partial charge in [0.2, 0.25) is 0 Å². The van der Waals surface area contributed by atoms with Gasteiger partial charge in [-0.2, -0.15) is 0 Å². The summed E-state index contributed by atoms with van der Waals surface area (Å²) in [4.78, 5) is 12.7. The molecule has 0 aliphatic rings. The highest BCUT2D eigenvalue weighted by atomic mass is 16.5. The third-order valence-corrected chi connectivity index (χ3v) is 4.02. The second kappa shape index (κ2) is 7.74. The standard InChI is InChI=1S/C22H20O4/c1-15-4-9-18(10-5-15)26-19-11-6-16(7-12-19)22(23)17-8-13-20(24-2)21(14-17)25-3/h4-14H,1-3H3. The summed E-state index contributed by atoms with van der Waals surface area (Å²) in [5.41, 5.74) is 2.29. The number of aryl methyl sites for hydroxylation is 1. The molecule has 0 amide bonds. The molecule has 3 rings (SSSR count). The lowest BCUT2D eigenvalue weighted by molar-refractivity contribution is 0.103. The maximum atomic E-state index is 12.7. The highest BCUT2D eigenvalue weighted by Gasteiger charge is 2.13. The van der Waals surface area contributed by atoms with Crippen LogP contribution in [0.1, 0.15) is 21.5 Å².